The molecule has 0 spiro atoms. The number of nitrogens with zero attached hydrogens (tertiary/aromatic N) is 2. The maximum absolute atomic E-state index is 13.7. The molecule has 1 aliphatic heterocycles. The van der Waals surface area contributed by atoms with Gasteiger partial charge in [-0.1, -0.05) is 41.9 Å². The van der Waals surface area contributed by atoms with Crippen LogP contribution in [0.3, 0.4) is 0 Å². The van der Waals surface area contributed by atoms with Crippen LogP contribution in [0.15, 0.2) is 99.6 Å². The van der Waals surface area contributed by atoms with E-state index in [2.05, 4.69) is 9.97 Å². The Morgan fingerprint density at radius 1 is 0.811 bits per heavy atom. The quantitative estimate of drug-likeness (QED) is 0.301. The third kappa shape index (κ3) is 4.21. The minimum absolute atomic E-state index is 0.145. The topological polar surface area (TPSA) is 100 Å². The molecule has 4 aromatic carbocycles. The van der Waals surface area contributed by atoms with E-state index < -0.39 is 25.9 Å². The zero-order chi connectivity index (χ0) is 25.8. The second-order valence-corrected chi connectivity index (χ2v) is 13.3. The molecule has 0 radical (unpaired) electrons. The molecule has 0 saturated carbocycles. The number of halogens is 1. The number of H-pyrrole nitrogens is 1. The number of fused-ring (bicyclic) bond motifs is 2. The lowest BCUT2D eigenvalue weighted by molar-refractivity contribution is 0.386. The lowest BCUT2D eigenvalue weighted by Gasteiger charge is -2.22. The summed E-state index contributed by atoms with van der Waals surface area (Å²) >= 11 is 6.12. The average molecular weight is 552 g/mol. The Hall–Kier alpha value is -3.24. The molecule has 5 aromatic rings. The van der Waals surface area contributed by atoms with Gasteiger partial charge >= 0.3 is 0 Å². The fourth-order valence-electron chi connectivity index (χ4n) is 4.86. The number of hydrogen-bond acceptors (Lipinski definition) is 5. The average Bonchev–Trinajstić information content (AvgIpc) is 3.56. The number of nitrogens with one attached hydrogen (secondary N) is 1. The van der Waals surface area contributed by atoms with Gasteiger partial charge in [0.1, 0.15) is 5.82 Å². The number of hydrogen-bond donors (Lipinski definition) is 1. The molecule has 2 heterocycles. The van der Waals surface area contributed by atoms with Gasteiger partial charge in [-0.2, -0.15) is 4.31 Å². The van der Waals surface area contributed by atoms with Crippen molar-refractivity contribution in [3.05, 3.63) is 95.8 Å². The van der Waals surface area contributed by atoms with Crippen molar-refractivity contribution in [2.45, 2.75) is 33.6 Å². The molecule has 0 bridgehead atoms. The van der Waals surface area contributed by atoms with E-state index in [1.54, 1.807) is 72.8 Å². The van der Waals surface area contributed by atoms with Crippen LogP contribution in [0, 0.1) is 0 Å². The van der Waals surface area contributed by atoms with Crippen molar-refractivity contribution < 1.29 is 16.8 Å². The molecule has 7 nitrogen and oxygen atoms in total. The number of imidazole rings is 1. The highest BCUT2D eigenvalue weighted by Crippen LogP contribution is 2.37. The summed E-state index contributed by atoms with van der Waals surface area (Å²) in [6.45, 7) is 0.366. The first-order valence-electron chi connectivity index (χ1n) is 11.7. The molecule has 1 aromatic heterocycles. The number of rotatable bonds is 5. The van der Waals surface area contributed by atoms with Crippen molar-refractivity contribution >= 4 is 53.3 Å². The number of aromatic amines is 1. The minimum atomic E-state index is -3.81. The van der Waals surface area contributed by atoms with Crippen LogP contribution in [0.5, 0.6) is 0 Å². The van der Waals surface area contributed by atoms with E-state index in [0.717, 1.165) is 10.8 Å². The van der Waals surface area contributed by atoms with E-state index in [-0.39, 0.29) is 14.7 Å². The largest absolute Gasteiger partial charge is 0.341 e. The SMILES string of the molecule is O=S(=O)(c1ccccc1)c1ccc2nc(C3CCCN3S(=O)(=O)c3ccc4ccc(Cl)cc4c3)[nH]c2c1. The first kappa shape index (κ1) is 24.1. The van der Waals surface area contributed by atoms with E-state index >= 15 is 0 Å². The summed E-state index contributed by atoms with van der Waals surface area (Å²) in [7, 11) is -7.51. The number of benzene rings is 4. The van der Waals surface area contributed by atoms with E-state index in [1.165, 1.54) is 10.4 Å². The molecule has 6 rings (SSSR count). The normalized spacial score (nSPS) is 17.1. The fourth-order valence-corrected chi connectivity index (χ4v) is 8.05. The number of sulfone groups is 1. The molecular formula is C27H22ClN3O4S2. The van der Waals surface area contributed by atoms with Gasteiger partial charge in [-0.15, -0.1) is 0 Å². The van der Waals surface area contributed by atoms with Gasteiger partial charge in [0.15, 0.2) is 0 Å². The zero-order valence-corrected chi connectivity index (χ0v) is 21.9. The maximum Gasteiger partial charge on any atom is 0.243 e. The molecule has 0 amide bonds. The highest BCUT2D eigenvalue weighted by Gasteiger charge is 2.38. The lowest BCUT2D eigenvalue weighted by atomic mass is 10.1. The number of sulfonamides is 1. The van der Waals surface area contributed by atoms with Gasteiger partial charge in [0.25, 0.3) is 0 Å². The lowest BCUT2D eigenvalue weighted by Crippen LogP contribution is -2.31. The Morgan fingerprint density at radius 3 is 2.38 bits per heavy atom. The molecule has 1 saturated heterocycles. The van der Waals surface area contributed by atoms with E-state index in [9.17, 15) is 16.8 Å². The summed E-state index contributed by atoms with van der Waals surface area (Å²) < 4.78 is 55.0. The molecule has 1 unspecified atom stereocenters. The monoisotopic (exact) mass is 551 g/mol. The third-order valence-electron chi connectivity index (χ3n) is 6.74. The molecule has 0 aliphatic carbocycles. The molecule has 1 aliphatic rings. The van der Waals surface area contributed by atoms with Crippen LogP contribution >= 0.6 is 11.6 Å². The van der Waals surface area contributed by atoms with Crippen molar-refractivity contribution in [2.24, 2.45) is 0 Å². The van der Waals surface area contributed by atoms with Gasteiger partial charge < -0.3 is 4.98 Å². The standard InChI is InChI=1S/C27H22ClN3O4S2/c28-20-10-8-18-9-11-23(16-19(18)15-20)37(34,35)31-14-4-7-26(31)27-29-24-13-12-22(17-25(24)30-27)36(32,33)21-5-2-1-3-6-21/h1-3,5-6,8-13,15-17,26H,4,7,14H2,(H,29,30). The molecule has 10 heteroatoms. The second-order valence-electron chi connectivity index (χ2n) is 9.04. The highest BCUT2D eigenvalue weighted by molar-refractivity contribution is 7.91. The first-order valence-corrected chi connectivity index (χ1v) is 15.0. The molecule has 188 valence electrons. The smallest absolute Gasteiger partial charge is 0.243 e. The minimum Gasteiger partial charge on any atom is -0.341 e. The molecule has 1 atom stereocenters. The van der Waals surface area contributed by atoms with Crippen LogP contribution in [-0.4, -0.2) is 37.7 Å². The summed E-state index contributed by atoms with van der Waals surface area (Å²) in [6.07, 6.45) is 1.29. The maximum atomic E-state index is 13.7. The Morgan fingerprint density at radius 2 is 1.57 bits per heavy atom. The van der Waals surface area contributed by atoms with E-state index in [4.69, 9.17) is 11.6 Å². The summed E-state index contributed by atoms with van der Waals surface area (Å²) in [5.74, 6) is 0.495. The zero-order valence-electron chi connectivity index (χ0n) is 19.5. The van der Waals surface area contributed by atoms with Crippen LogP contribution in [0.2, 0.25) is 5.02 Å². The van der Waals surface area contributed by atoms with Gasteiger partial charge in [0.2, 0.25) is 19.9 Å². The Bertz CT molecular complexity index is 1870. The van der Waals surface area contributed by atoms with Crippen molar-refractivity contribution in [1.82, 2.24) is 14.3 Å². The van der Waals surface area contributed by atoms with Crippen molar-refractivity contribution in [3.63, 3.8) is 0 Å². The van der Waals surface area contributed by atoms with Crippen LogP contribution in [0.4, 0.5) is 0 Å². The third-order valence-corrected chi connectivity index (χ3v) is 10.6. The van der Waals surface area contributed by atoms with Crippen LogP contribution in [0.1, 0.15) is 24.7 Å². The van der Waals surface area contributed by atoms with Gasteiger partial charge in [0.05, 0.1) is 31.8 Å². The Balaban J connectivity index is 1.36. The highest BCUT2D eigenvalue weighted by atomic mass is 35.5. The van der Waals surface area contributed by atoms with E-state index in [0.29, 0.717) is 41.3 Å². The predicted molar refractivity (Wildman–Crippen MR) is 143 cm³/mol. The van der Waals surface area contributed by atoms with Crippen LogP contribution in [-0.2, 0) is 19.9 Å². The van der Waals surface area contributed by atoms with Crippen molar-refractivity contribution in [1.29, 1.82) is 0 Å². The van der Waals surface area contributed by atoms with Crippen molar-refractivity contribution in [2.75, 3.05) is 6.54 Å². The van der Waals surface area contributed by atoms with Gasteiger partial charge in [-0.05, 0) is 78.2 Å². The van der Waals surface area contributed by atoms with Gasteiger partial charge in [-0.25, -0.2) is 21.8 Å². The van der Waals surface area contributed by atoms with Crippen molar-refractivity contribution in [3.8, 4) is 0 Å². The second kappa shape index (κ2) is 8.95. The van der Waals surface area contributed by atoms with E-state index in [1.807, 2.05) is 6.07 Å². The number of aromatic nitrogens is 2. The summed E-state index contributed by atoms with van der Waals surface area (Å²) in [5, 5.41) is 2.19. The van der Waals surface area contributed by atoms with Gasteiger partial charge in [0, 0.05) is 11.6 Å². The molecule has 37 heavy (non-hydrogen) atoms. The Kier molecular flexibility index (Phi) is 5.83. The summed E-state index contributed by atoms with van der Waals surface area (Å²) in [6, 6.07) is 22.9. The summed E-state index contributed by atoms with van der Waals surface area (Å²) in [5.41, 5.74) is 1.11. The molecular weight excluding hydrogens is 530 g/mol. The fraction of sp³-hybridized carbons (Fsp3) is 0.148. The Labute approximate surface area is 219 Å². The molecule has 1 N–H and O–H groups in total. The summed E-state index contributed by atoms with van der Waals surface area (Å²) in [4.78, 5) is 8.38. The van der Waals surface area contributed by atoms with Crippen LogP contribution in [0.25, 0.3) is 21.8 Å². The first-order chi connectivity index (χ1) is 17.7. The van der Waals surface area contributed by atoms with Gasteiger partial charge in [-0.3, -0.25) is 0 Å². The molecule has 1 fully saturated rings. The van der Waals surface area contributed by atoms with Crippen LogP contribution < -0.4 is 0 Å². The predicted octanol–water partition coefficient (Wildman–Crippen LogP) is 5.73.